The summed E-state index contributed by atoms with van der Waals surface area (Å²) in [4.78, 5) is 14.6. The van der Waals surface area contributed by atoms with Crippen molar-refractivity contribution in [1.29, 1.82) is 0 Å². The number of rotatable bonds is 6. The molecule has 0 unspecified atom stereocenters. The van der Waals surface area contributed by atoms with E-state index >= 15 is 0 Å². The third-order valence-corrected chi connectivity index (χ3v) is 6.49. The van der Waals surface area contributed by atoms with Crippen molar-refractivity contribution in [1.82, 2.24) is 0 Å². The summed E-state index contributed by atoms with van der Waals surface area (Å²) in [5.41, 5.74) is 3.48. The number of hydrogen-bond acceptors (Lipinski definition) is 4. The highest BCUT2D eigenvalue weighted by Crippen LogP contribution is 2.38. The molecule has 0 saturated heterocycles. The zero-order valence-electron chi connectivity index (χ0n) is 17.4. The fraction of sp³-hybridized carbons (Fsp3) is 0.250. The third-order valence-electron chi connectivity index (χ3n) is 5.08. The van der Waals surface area contributed by atoms with E-state index in [2.05, 4.69) is 16.0 Å². The van der Waals surface area contributed by atoms with Crippen molar-refractivity contribution < 1.29 is 9.53 Å². The van der Waals surface area contributed by atoms with Gasteiger partial charge in [0.2, 0.25) is 0 Å². The minimum Gasteiger partial charge on any atom is -0.494 e. The van der Waals surface area contributed by atoms with Crippen molar-refractivity contribution >= 4 is 51.0 Å². The van der Waals surface area contributed by atoms with Gasteiger partial charge < -0.3 is 20.7 Å². The van der Waals surface area contributed by atoms with Gasteiger partial charge in [0.1, 0.15) is 10.8 Å². The molecule has 4 rings (SSSR count). The summed E-state index contributed by atoms with van der Waals surface area (Å²) >= 11 is 7.14. The maximum absolute atomic E-state index is 13.3. The second-order valence-corrected chi connectivity index (χ2v) is 8.79. The zero-order chi connectivity index (χ0) is 21.6. The molecule has 5 nitrogen and oxygen atoms in total. The van der Waals surface area contributed by atoms with Crippen LogP contribution in [0.1, 0.15) is 40.6 Å². The predicted molar refractivity (Wildman–Crippen MR) is 133 cm³/mol. The van der Waals surface area contributed by atoms with E-state index in [1.54, 1.807) is 11.3 Å². The van der Waals surface area contributed by atoms with E-state index < -0.39 is 0 Å². The SMILES string of the molecule is CCOc1ccc(NC(=O)c2c(NC(=S)Nc3ccccc3)sc3c2CCCC3)cc1. The van der Waals surface area contributed by atoms with Gasteiger partial charge in [-0.25, -0.2) is 0 Å². The first kappa shape index (κ1) is 21.3. The Morgan fingerprint density at radius 1 is 0.968 bits per heavy atom. The normalized spacial score (nSPS) is 12.5. The number of amides is 1. The number of fused-ring (bicyclic) bond motifs is 1. The van der Waals surface area contributed by atoms with Crippen molar-refractivity contribution in [2.75, 3.05) is 22.6 Å². The van der Waals surface area contributed by atoms with Crippen LogP contribution in [0.15, 0.2) is 54.6 Å². The quantitative estimate of drug-likeness (QED) is 0.396. The van der Waals surface area contributed by atoms with E-state index in [-0.39, 0.29) is 5.91 Å². The fourth-order valence-electron chi connectivity index (χ4n) is 3.68. The van der Waals surface area contributed by atoms with E-state index in [9.17, 15) is 4.79 Å². The van der Waals surface area contributed by atoms with E-state index in [0.717, 1.165) is 53.4 Å². The van der Waals surface area contributed by atoms with Gasteiger partial charge in [0.15, 0.2) is 5.11 Å². The van der Waals surface area contributed by atoms with Crippen molar-refractivity contribution in [3.05, 3.63) is 70.6 Å². The number of para-hydroxylation sites is 1. The lowest BCUT2D eigenvalue weighted by Crippen LogP contribution is -2.21. The van der Waals surface area contributed by atoms with Crippen molar-refractivity contribution in [3.8, 4) is 5.75 Å². The topological polar surface area (TPSA) is 62.4 Å². The molecule has 0 fully saturated rings. The van der Waals surface area contributed by atoms with Crippen LogP contribution in [0.5, 0.6) is 5.75 Å². The lowest BCUT2D eigenvalue weighted by molar-refractivity contribution is 0.102. The number of carbonyl (C=O) groups is 1. The van der Waals surface area contributed by atoms with Crippen LogP contribution in [0.4, 0.5) is 16.4 Å². The van der Waals surface area contributed by atoms with Crippen LogP contribution in [-0.2, 0) is 12.8 Å². The van der Waals surface area contributed by atoms with Gasteiger partial charge in [-0.2, -0.15) is 0 Å². The highest BCUT2D eigenvalue weighted by molar-refractivity contribution is 7.80. The molecule has 3 N–H and O–H groups in total. The average molecular weight is 452 g/mol. The molecule has 7 heteroatoms. The Bertz CT molecular complexity index is 1060. The monoisotopic (exact) mass is 451 g/mol. The first-order valence-electron chi connectivity index (χ1n) is 10.5. The second-order valence-electron chi connectivity index (χ2n) is 7.27. The van der Waals surface area contributed by atoms with Crippen LogP contribution in [0.25, 0.3) is 0 Å². The Hall–Kier alpha value is -2.90. The number of hydrogen-bond donors (Lipinski definition) is 3. The molecular formula is C24H25N3O2S2. The van der Waals surface area contributed by atoms with Gasteiger partial charge in [0.25, 0.3) is 5.91 Å². The molecule has 1 amide bonds. The molecule has 1 heterocycles. The lowest BCUT2D eigenvalue weighted by atomic mass is 9.95. The number of ether oxygens (including phenoxy) is 1. The Morgan fingerprint density at radius 3 is 2.42 bits per heavy atom. The van der Waals surface area contributed by atoms with Crippen LogP contribution in [-0.4, -0.2) is 17.6 Å². The first-order chi connectivity index (χ1) is 15.1. The molecule has 2 aromatic carbocycles. The van der Waals surface area contributed by atoms with Gasteiger partial charge in [-0.15, -0.1) is 11.3 Å². The molecule has 3 aromatic rings. The summed E-state index contributed by atoms with van der Waals surface area (Å²) < 4.78 is 5.48. The molecule has 0 bridgehead atoms. The van der Waals surface area contributed by atoms with Gasteiger partial charge in [-0.3, -0.25) is 4.79 Å². The summed E-state index contributed by atoms with van der Waals surface area (Å²) in [6, 6.07) is 17.2. The van der Waals surface area contributed by atoms with Crippen LogP contribution in [0.2, 0.25) is 0 Å². The molecule has 1 aliphatic rings. The molecule has 0 spiro atoms. The summed E-state index contributed by atoms with van der Waals surface area (Å²) in [5, 5.41) is 10.8. The van der Waals surface area contributed by atoms with E-state index in [1.165, 1.54) is 4.88 Å². The van der Waals surface area contributed by atoms with E-state index in [0.29, 0.717) is 17.3 Å². The molecule has 31 heavy (non-hydrogen) atoms. The molecule has 0 atom stereocenters. The van der Waals surface area contributed by atoms with Gasteiger partial charge in [0, 0.05) is 16.3 Å². The maximum atomic E-state index is 13.3. The smallest absolute Gasteiger partial charge is 0.258 e. The molecular weight excluding hydrogens is 426 g/mol. The number of aryl methyl sites for hydroxylation is 1. The zero-order valence-corrected chi connectivity index (χ0v) is 19.0. The fourth-order valence-corrected chi connectivity index (χ4v) is 5.25. The number of carbonyl (C=O) groups excluding carboxylic acids is 1. The Morgan fingerprint density at radius 2 is 1.68 bits per heavy atom. The number of thiocarbonyl (C=S) groups is 1. The highest BCUT2D eigenvalue weighted by Gasteiger charge is 2.26. The Kier molecular flexibility index (Phi) is 6.84. The minimum absolute atomic E-state index is 0.117. The van der Waals surface area contributed by atoms with Crippen molar-refractivity contribution in [2.45, 2.75) is 32.6 Å². The summed E-state index contributed by atoms with van der Waals surface area (Å²) in [5.74, 6) is 0.668. The molecule has 160 valence electrons. The molecule has 0 saturated carbocycles. The first-order valence-corrected chi connectivity index (χ1v) is 11.7. The minimum atomic E-state index is -0.117. The summed E-state index contributed by atoms with van der Waals surface area (Å²) in [6.07, 6.45) is 4.17. The van der Waals surface area contributed by atoms with Crippen molar-refractivity contribution in [3.63, 3.8) is 0 Å². The second kappa shape index (κ2) is 9.94. The molecule has 0 aliphatic heterocycles. The molecule has 0 radical (unpaired) electrons. The van der Waals surface area contributed by atoms with Crippen LogP contribution < -0.4 is 20.7 Å². The Balaban J connectivity index is 1.54. The number of nitrogens with one attached hydrogen (secondary N) is 3. The van der Waals surface area contributed by atoms with E-state index in [4.69, 9.17) is 17.0 Å². The number of anilines is 3. The van der Waals surface area contributed by atoms with Crippen molar-refractivity contribution in [2.24, 2.45) is 0 Å². The number of thiophene rings is 1. The average Bonchev–Trinajstić information content (AvgIpc) is 3.13. The summed E-state index contributed by atoms with van der Waals surface area (Å²) in [6.45, 7) is 2.56. The van der Waals surface area contributed by atoms with Crippen LogP contribution in [0.3, 0.4) is 0 Å². The number of benzene rings is 2. The van der Waals surface area contributed by atoms with Gasteiger partial charge in [-0.1, -0.05) is 18.2 Å². The summed E-state index contributed by atoms with van der Waals surface area (Å²) in [7, 11) is 0. The Labute approximate surface area is 191 Å². The maximum Gasteiger partial charge on any atom is 0.258 e. The highest BCUT2D eigenvalue weighted by atomic mass is 32.1. The molecule has 1 aliphatic carbocycles. The lowest BCUT2D eigenvalue weighted by Gasteiger charge is -2.14. The van der Waals surface area contributed by atoms with Gasteiger partial charge in [-0.05, 0) is 86.8 Å². The largest absolute Gasteiger partial charge is 0.494 e. The standard InChI is InChI=1S/C24H25N3O2S2/c1-2-29-18-14-12-17(13-15-18)25-22(28)21-19-10-6-7-11-20(19)31-23(21)27-24(30)26-16-8-4-3-5-9-16/h3-5,8-9,12-15H,2,6-7,10-11H2,1H3,(H,25,28)(H2,26,27,30). The van der Waals surface area contributed by atoms with Crippen LogP contribution in [0, 0.1) is 0 Å². The molecule has 1 aromatic heterocycles. The predicted octanol–water partition coefficient (Wildman–Crippen LogP) is 6.09. The van der Waals surface area contributed by atoms with E-state index in [1.807, 2.05) is 61.5 Å². The van der Waals surface area contributed by atoms with Crippen LogP contribution >= 0.6 is 23.6 Å². The third kappa shape index (κ3) is 5.24. The van der Waals surface area contributed by atoms with Gasteiger partial charge in [0.05, 0.1) is 12.2 Å². The van der Waals surface area contributed by atoms with Gasteiger partial charge >= 0.3 is 0 Å².